The highest BCUT2D eigenvalue weighted by atomic mass is 32.2. The topological polar surface area (TPSA) is 437 Å². The second-order valence-electron chi connectivity index (χ2n) is 14.9. The van der Waals surface area contributed by atoms with Crippen molar-refractivity contribution in [2.75, 3.05) is 29.9 Å². The number of H-pyrrole nitrogens is 1. The molecule has 28 heteroatoms. The largest absolute Gasteiger partial charge is 0.481 e. The van der Waals surface area contributed by atoms with Crippen LogP contribution in [0, 0.1) is 5.41 Å². The predicted molar refractivity (Wildman–Crippen MR) is 237 cm³/mol. The molecule has 1 aliphatic heterocycles. The molecule has 0 radical (unpaired) electrons. The Balaban J connectivity index is 1.35. The summed E-state index contributed by atoms with van der Waals surface area (Å²) in [5.74, 6) is -10.4. The molecule has 27 nitrogen and oxygen atoms in total. The molecule has 0 bridgehead atoms. The summed E-state index contributed by atoms with van der Waals surface area (Å²) < 4.78 is 0. The second kappa shape index (κ2) is 24.4. The highest BCUT2D eigenvalue weighted by Gasteiger charge is 2.39. The van der Waals surface area contributed by atoms with E-state index in [0.717, 1.165) is 16.7 Å². The maximum absolute atomic E-state index is 13.6. The number of aromatic amines is 1. The van der Waals surface area contributed by atoms with Crippen molar-refractivity contribution in [3.63, 3.8) is 0 Å². The first-order valence-corrected chi connectivity index (χ1v) is 21.6. The number of likely N-dealkylation sites (tertiary alicyclic amines) is 1. The van der Waals surface area contributed by atoms with Crippen LogP contribution in [0.15, 0.2) is 35.3 Å². The molecule has 1 fully saturated rings. The van der Waals surface area contributed by atoms with Gasteiger partial charge in [0.25, 0.3) is 11.5 Å². The Labute approximate surface area is 383 Å². The SMILES string of the molecule is CCCN1C(=O)CC(SC[C@H](NC(=O)[C@H](CC(=O)O)NC(=O)[C@H](CCCNC(=N)N)NC(=O)CC[C@H](NC(=O)c2ccc(NCc3cnc4nc(N)[nH]c(=O)c4n3)cc2)C(=O)O)C(=O)O)C1=O. The number of benzene rings is 1. The number of fused-ring (bicyclic) bond motifs is 1. The number of imide groups is 1. The third kappa shape index (κ3) is 15.6. The van der Waals surface area contributed by atoms with Gasteiger partial charge in [0.15, 0.2) is 17.1 Å². The number of nitrogens with two attached hydrogens (primary N) is 2. The van der Waals surface area contributed by atoms with Gasteiger partial charge in [-0.25, -0.2) is 19.6 Å². The summed E-state index contributed by atoms with van der Waals surface area (Å²) in [5.41, 5.74) is 11.3. The van der Waals surface area contributed by atoms with Crippen LogP contribution in [0.2, 0.25) is 0 Å². The summed E-state index contributed by atoms with van der Waals surface area (Å²) in [6.45, 7) is 2.12. The number of carboxylic acids is 3. The van der Waals surface area contributed by atoms with E-state index in [1.54, 1.807) is 6.92 Å². The number of rotatable bonds is 26. The van der Waals surface area contributed by atoms with Gasteiger partial charge in [-0.1, -0.05) is 6.92 Å². The molecule has 15 N–H and O–H groups in total. The number of carboxylic acid groups (broad SMARTS) is 3. The van der Waals surface area contributed by atoms with Crippen LogP contribution >= 0.6 is 11.8 Å². The lowest BCUT2D eigenvalue weighted by molar-refractivity contribution is -0.143. The number of hydrogen-bond donors (Lipinski definition) is 13. The molecule has 0 spiro atoms. The predicted octanol–water partition coefficient (Wildman–Crippen LogP) is -2.58. The highest BCUT2D eigenvalue weighted by molar-refractivity contribution is 8.00. The van der Waals surface area contributed by atoms with Crippen molar-refractivity contribution < 1.29 is 58.5 Å². The highest BCUT2D eigenvalue weighted by Crippen LogP contribution is 2.26. The Morgan fingerprint density at radius 1 is 0.910 bits per heavy atom. The standard InChI is InChI=1S/C39H50N14O13S/c1-2-12-53-27(55)14-25(35(53)62)67-17-24(37(65)66)50-33(60)23(13-28(56)57)49-32(59)21(4-3-11-43-38(40)41)47-26(54)10-9-22(36(63)64)48-31(58)18-5-7-19(8-6-18)44-15-20-16-45-30-29(46-20)34(61)52-39(42)51-30/h5-8,16,21-25,44H,2-4,9-15,17H2,1H3,(H,47,54)(H,48,58)(H,49,59)(H,50,60)(H,56,57)(H,63,64)(H,65,66)(H4,40,41,43)(H3,42,45,51,52,61)/t21-,22-,23-,24-,25?/m0/s1. The Hall–Kier alpha value is -7.91. The lowest BCUT2D eigenvalue weighted by Gasteiger charge is -2.24. The minimum Gasteiger partial charge on any atom is -0.481 e. The third-order valence-corrected chi connectivity index (χ3v) is 11.0. The minimum atomic E-state index is -1.87. The zero-order valence-corrected chi connectivity index (χ0v) is 36.6. The zero-order valence-electron chi connectivity index (χ0n) is 35.8. The summed E-state index contributed by atoms with van der Waals surface area (Å²) in [7, 11) is 0. The number of guanidine groups is 1. The van der Waals surface area contributed by atoms with E-state index < -0.39 is 119 Å². The van der Waals surface area contributed by atoms with Gasteiger partial charge in [0, 0.05) is 42.9 Å². The van der Waals surface area contributed by atoms with E-state index in [9.17, 15) is 63.3 Å². The van der Waals surface area contributed by atoms with E-state index >= 15 is 0 Å². The Kier molecular flexibility index (Phi) is 18.8. The molecule has 5 atom stereocenters. The first kappa shape index (κ1) is 51.7. The molecule has 360 valence electrons. The first-order valence-electron chi connectivity index (χ1n) is 20.5. The summed E-state index contributed by atoms with van der Waals surface area (Å²) in [4.78, 5) is 142. The summed E-state index contributed by atoms with van der Waals surface area (Å²) >= 11 is 0.815. The normalized spacial score (nSPS) is 15.1. The summed E-state index contributed by atoms with van der Waals surface area (Å²) in [6.07, 6.45) is -0.395. The lowest BCUT2D eigenvalue weighted by atomic mass is 10.1. The van der Waals surface area contributed by atoms with Gasteiger partial charge in [-0.3, -0.25) is 53.6 Å². The molecule has 3 aromatic rings. The quantitative estimate of drug-likeness (QED) is 0.0170. The van der Waals surface area contributed by atoms with Crippen LogP contribution in [-0.4, -0.2) is 148 Å². The number of nitrogens with one attached hydrogen (secondary N) is 8. The molecule has 3 heterocycles. The van der Waals surface area contributed by atoms with Gasteiger partial charge in [-0.05, 0) is 49.9 Å². The molecule has 1 aliphatic rings. The van der Waals surface area contributed by atoms with E-state index in [0.29, 0.717) is 17.8 Å². The van der Waals surface area contributed by atoms with E-state index in [1.165, 1.54) is 30.5 Å². The van der Waals surface area contributed by atoms with E-state index in [-0.39, 0.29) is 61.6 Å². The number of anilines is 2. The molecule has 0 saturated carbocycles. The van der Waals surface area contributed by atoms with Crippen molar-refractivity contribution >= 4 is 93.9 Å². The van der Waals surface area contributed by atoms with Crippen LogP contribution < -0.4 is 48.9 Å². The van der Waals surface area contributed by atoms with Gasteiger partial charge in [-0.2, -0.15) is 4.98 Å². The molecule has 1 unspecified atom stereocenters. The number of nitrogens with zero attached hydrogens (tertiary/aromatic N) is 4. The number of thioether (sulfide) groups is 1. The van der Waals surface area contributed by atoms with Crippen molar-refractivity contribution in [1.29, 1.82) is 5.41 Å². The third-order valence-electron chi connectivity index (χ3n) is 9.75. The molecule has 67 heavy (non-hydrogen) atoms. The molecular formula is C39H50N14O13S. The molecule has 2 aromatic heterocycles. The Bertz CT molecular complexity index is 2440. The molecule has 4 rings (SSSR count). The van der Waals surface area contributed by atoms with Gasteiger partial charge in [0.2, 0.25) is 35.5 Å². The van der Waals surface area contributed by atoms with Crippen LogP contribution in [-0.2, 0) is 44.9 Å². The van der Waals surface area contributed by atoms with Crippen LogP contribution in [0.5, 0.6) is 0 Å². The van der Waals surface area contributed by atoms with Crippen molar-refractivity contribution in [3.8, 4) is 0 Å². The smallest absolute Gasteiger partial charge is 0.327 e. The zero-order chi connectivity index (χ0) is 49.4. The number of nitrogen functional groups attached to an aromatic ring is 1. The molecule has 0 aliphatic carbocycles. The van der Waals surface area contributed by atoms with Crippen LogP contribution in [0.1, 0.15) is 67.9 Å². The fourth-order valence-electron chi connectivity index (χ4n) is 6.38. The molecule has 6 amide bonds. The van der Waals surface area contributed by atoms with Crippen molar-refractivity contribution in [2.45, 2.75) is 87.8 Å². The average molecular weight is 955 g/mol. The second-order valence-corrected chi connectivity index (χ2v) is 16.1. The summed E-state index contributed by atoms with van der Waals surface area (Å²) in [5, 5.41) is 50.4. The van der Waals surface area contributed by atoms with Gasteiger partial charge >= 0.3 is 17.9 Å². The van der Waals surface area contributed by atoms with Gasteiger partial charge in [0.1, 0.15) is 24.2 Å². The van der Waals surface area contributed by atoms with E-state index in [1.807, 2.05) is 0 Å². The van der Waals surface area contributed by atoms with E-state index in [2.05, 4.69) is 51.8 Å². The van der Waals surface area contributed by atoms with Crippen LogP contribution in [0.3, 0.4) is 0 Å². The lowest BCUT2D eigenvalue weighted by Crippen LogP contribution is -2.56. The van der Waals surface area contributed by atoms with E-state index in [4.69, 9.17) is 16.9 Å². The fraction of sp³-hybridized carbons (Fsp3) is 0.436. The fourth-order valence-corrected chi connectivity index (χ4v) is 7.57. The van der Waals surface area contributed by atoms with Crippen LogP contribution in [0.4, 0.5) is 11.6 Å². The Morgan fingerprint density at radius 2 is 1.58 bits per heavy atom. The monoisotopic (exact) mass is 954 g/mol. The van der Waals surface area contributed by atoms with Gasteiger partial charge in [0.05, 0.1) is 30.1 Å². The van der Waals surface area contributed by atoms with Crippen molar-refractivity contribution in [1.82, 2.24) is 51.4 Å². The van der Waals surface area contributed by atoms with Crippen LogP contribution in [0.25, 0.3) is 11.2 Å². The molecular weight excluding hydrogens is 905 g/mol. The van der Waals surface area contributed by atoms with Crippen molar-refractivity contribution in [2.24, 2.45) is 5.73 Å². The maximum Gasteiger partial charge on any atom is 0.327 e. The number of carbonyl (C=O) groups is 9. The maximum atomic E-state index is 13.6. The first-order chi connectivity index (χ1) is 31.8. The van der Waals surface area contributed by atoms with Crippen molar-refractivity contribution in [3.05, 3.63) is 52.1 Å². The average Bonchev–Trinajstić information content (AvgIpc) is 3.53. The number of amides is 6. The number of hydrogen-bond acceptors (Lipinski definition) is 17. The Morgan fingerprint density at radius 3 is 2.22 bits per heavy atom. The minimum absolute atomic E-state index is 0.0140. The summed E-state index contributed by atoms with van der Waals surface area (Å²) in [6, 6.07) is -0.771. The molecule has 1 aromatic carbocycles. The number of aromatic nitrogens is 4. The van der Waals surface area contributed by atoms with Gasteiger partial charge in [-0.15, -0.1) is 11.8 Å². The number of carbonyl (C=O) groups excluding carboxylic acids is 6. The molecule has 1 saturated heterocycles. The number of aliphatic carboxylic acids is 3. The van der Waals surface area contributed by atoms with Gasteiger partial charge < -0.3 is 58.7 Å².